The summed E-state index contributed by atoms with van der Waals surface area (Å²) in [6, 6.07) is 11.2. The van der Waals surface area contributed by atoms with Gasteiger partial charge in [0, 0.05) is 26.7 Å². The van der Waals surface area contributed by atoms with Crippen LogP contribution in [-0.2, 0) is 0 Å². The fourth-order valence-electron chi connectivity index (χ4n) is 2.83. The van der Waals surface area contributed by atoms with Crippen LogP contribution in [0.3, 0.4) is 0 Å². The van der Waals surface area contributed by atoms with E-state index in [1.165, 1.54) is 9.80 Å². The number of hydrogen-bond donors (Lipinski definition) is 1. The smallest absolute Gasteiger partial charge is 0.410 e. The van der Waals surface area contributed by atoms with Crippen molar-refractivity contribution >= 4 is 22.9 Å². The fourth-order valence-corrected chi connectivity index (χ4v) is 2.83. The molecular weight excluding hydrogens is 282 g/mol. The van der Waals surface area contributed by atoms with E-state index >= 15 is 0 Å². The summed E-state index contributed by atoms with van der Waals surface area (Å²) in [5.41, 5.74) is 0.811. The van der Waals surface area contributed by atoms with Crippen LogP contribution in [0.1, 0.15) is 11.7 Å². The van der Waals surface area contributed by atoms with Crippen LogP contribution in [0.5, 0.6) is 5.75 Å². The van der Waals surface area contributed by atoms with Crippen LogP contribution in [-0.4, -0.2) is 43.1 Å². The molecule has 0 radical (unpaired) electrons. The Morgan fingerprint density at radius 2 is 2.00 bits per heavy atom. The Bertz CT molecular complexity index is 759. The van der Waals surface area contributed by atoms with Crippen LogP contribution >= 0.6 is 0 Å². The summed E-state index contributed by atoms with van der Waals surface area (Å²) in [5, 5.41) is 4.57. The van der Waals surface area contributed by atoms with Gasteiger partial charge in [-0.2, -0.15) is 0 Å². The van der Waals surface area contributed by atoms with E-state index in [9.17, 15) is 9.59 Å². The minimum atomic E-state index is -0.526. The number of nitrogens with zero attached hydrogens (tertiary/aromatic N) is 2. The molecule has 0 spiro atoms. The molecule has 1 atom stereocenters. The van der Waals surface area contributed by atoms with E-state index < -0.39 is 12.3 Å². The van der Waals surface area contributed by atoms with E-state index in [-0.39, 0.29) is 6.03 Å². The van der Waals surface area contributed by atoms with E-state index in [2.05, 4.69) is 5.32 Å². The molecule has 1 heterocycles. The molecule has 3 amide bonds. The summed E-state index contributed by atoms with van der Waals surface area (Å²) in [6.45, 7) is 0. The fraction of sp³-hybridized carbons (Fsp3) is 0.250. The topological polar surface area (TPSA) is 61.9 Å². The minimum absolute atomic E-state index is 0.273. The summed E-state index contributed by atoms with van der Waals surface area (Å²) in [6.07, 6.45) is -1.01. The molecule has 22 heavy (non-hydrogen) atoms. The molecule has 0 bridgehead atoms. The van der Waals surface area contributed by atoms with Crippen molar-refractivity contribution < 1.29 is 14.3 Å². The van der Waals surface area contributed by atoms with E-state index in [0.29, 0.717) is 5.75 Å². The van der Waals surface area contributed by atoms with Crippen LogP contribution in [0.2, 0.25) is 0 Å². The van der Waals surface area contributed by atoms with Crippen molar-refractivity contribution in [3.05, 3.63) is 42.0 Å². The summed E-state index contributed by atoms with van der Waals surface area (Å²) in [4.78, 5) is 27.0. The van der Waals surface area contributed by atoms with E-state index in [1.807, 2.05) is 30.3 Å². The Kier molecular flexibility index (Phi) is 3.36. The molecule has 1 unspecified atom stereocenters. The zero-order valence-electron chi connectivity index (χ0n) is 12.7. The average molecular weight is 299 g/mol. The van der Waals surface area contributed by atoms with Crippen LogP contribution in [0.4, 0.5) is 9.59 Å². The van der Waals surface area contributed by atoms with Gasteiger partial charge in [-0.15, -0.1) is 0 Å². The number of benzene rings is 2. The third kappa shape index (κ3) is 2.04. The molecule has 1 N–H and O–H groups in total. The number of hydrogen-bond acceptors (Lipinski definition) is 3. The standard InChI is InChI=1S/C16H17N3O3/c1-17-15(20)18(2)14-13-11-7-5-4-6-10(11)8-9-12(13)22-16(21)19(14)3/h4-9,14H,1-3H3,(H,17,20). The summed E-state index contributed by atoms with van der Waals surface area (Å²) >= 11 is 0. The number of carbonyl (C=O) groups excluding carboxylic acids is 2. The molecule has 0 saturated heterocycles. The number of amides is 3. The Hall–Kier alpha value is -2.76. The number of ether oxygens (including phenoxy) is 1. The summed E-state index contributed by atoms with van der Waals surface area (Å²) < 4.78 is 5.37. The molecule has 6 nitrogen and oxygen atoms in total. The van der Waals surface area contributed by atoms with Gasteiger partial charge in [0.1, 0.15) is 11.9 Å². The van der Waals surface area contributed by atoms with E-state index in [4.69, 9.17) is 4.74 Å². The highest BCUT2D eigenvalue weighted by molar-refractivity contribution is 5.91. The Morgan fingerprint density at radius 3 is 2.73 bits per heavy atom. The predicted molar refractivity (Wildman–Crippen MR) is 82.7 cm³/mol. The zero-order valence-corrected chi connectivity index (χ0v) is 12.7. The second-order valence-electron chi connectivity index (χ2n) is 5.22. The largest absolute Gasteiger partial charge is 0.416 e. The lowest BCUT2D eigenvalue weighted by Gasteiger charge is -2.39. The normalized spacial score (nSPS) is 17.0. The maximum atomic E-state index is 12.1. The molecule has 0 aliphatic carbocycles. The SMILES string of the molecule is CNC(=O)N(C)C1c2c(ccc3ccccc23)OC(=O)N1C. The molecule has 1 aliphatic heterocycles. The van der Waals surface area contributed by atoms with Gasteiger partial charge in [0.25, 0.3) is 0 Å². The minimum Gasteiger partial charge on any atom is -0.410 e. The Balaban J connectivity index is 2.24. The molecule has 114 valence electrons. The van der Waals surface area contributed by atoms with Gasteiger partial charge in [-0.25, -0.2) is 9.59 Å². The van der Waals surface area contributed by atoms with Crippen molar-refractivity contribution in [2.45, 2.75) is 6.17 Å². The second-order valence-corrected chi connectivity index (χ2v) is 5.22. The highest BCUT2D eigenvalue weighted by Gasteiger charge is 2.37. The molecule has 0 aromatic heterocycles. The lowest BCUT2D eigenvalue weighted by atomic mass is 9.99. The van der Waals surface area contributed by atoms with Gasteiger partial charge >= 0.3 is 12.1 Å². The summed E-state index contributed by atoms with van der Waals surface area (Å²) in [5.74, 6) is 0.488. The molecule has 2 aromatic rings. The number of fused-ring (bicyclic) bond motifs is 3. The van der Waals surface area contributed by atoms with Crippen molar-refractivity contribution in [2.24, 2.45) is 0 Å². The van der Waals surface area contributed by atoms with Gasteiger partial charge < -0.3 is 15.0 Å². The first-order valence-electron chi connectivity index (χ1n) is 6.95. The van der Waals surface area contributed by atoms with Gasteiger partial charge in [0.05, 0.1) is 0 Å². The molecule has 3 rings (SSSR count). The number of urea groups is 1. The predicted octanol–water partition coefficient (Wildman–Crippen LogP) is 2.55. The van der Waals surface area contributed by atoms with Gasteiger partial charge in [0.15, 0.2) is 0 Å². The molecule has 1 aliphatic rings. The Labute approximate surface area is 128 Å². The van der Waals surface area contributed by atoms with Crippen molar-refractivity contribution in [3.8, 4) is 5.75 Å². The van der Waals surface area contributed by atoms with Gasteiger partial charge in [0.2, 0.25) is 0 Å². The van der Waals surface area contributed by atoms with E-state index in [1.54, 1.807) is 27.2 Å². The zero-order chi connectivity index (χ0) is 15.9. The monoisotopic (exact) mass is 299 g/mol. The lowest BCUT2D eigenvalue weighted by molar-refractivity contribution is 0.0776. The quantitative estimate of drug-likeness (QED) is 0.880. The van der Waals surface area contributed by atoms with Crippen molar-refractivity contribution in [1.29, 1.82) is 0 Å². The first-order valence-corrected chi connectivity index (χ1v) is 6.95. The van der Waals surface area contributed by atoms with Crippen molar-refractivity contribution in [3.63, 3.8) is 0 Å². The van der Waals surface area contributed by atoms with Crippen LogP contribution in [0, 0.1) is 0 Å². The molecular formula is C16H17N3O3. The number of carbonyl (C=O) groups is 2. The van der Waals surface area contributed by atoms with Gasteiger partial charge in [-0.1, -0.05) is 30.3 Å². The van der Waals surface area contributed by atoms with Crippen molar-refractivity contribution in [1.82, 2.24) is 15.1 Å². The van der Waals surface area contributed by atoms with Crippen molar-refractivity contribution in [2.75, 3.05) is 21.1 Å². The van der Waals surface area contributed by atoms with Gasteiger partial charge in [-0.3, -0.25) is 4.90 Å². The highest BCUT2D eigenvalue weighted by Crippen LogP contribution is 2.40. The first kappa shape index (κ1) is 14.2. The highest BCUT2D eigenvalue weighted by atomic mass is 16.6. The number of rotatable bonds is 1. The maximum absolute atomic E-state index is 12.1. The van der Waals surface area contributed by atoms with Crippen LogP contribution < -0.4 is 10.1 Å². The first-order chi connectivity index (χ1) is 10.5. The molecule has 6 heteroatoms. The van der Waals surface area contributed by atoms with Crippen LogP contribution in [0.25, 0.3) is 10.8 Å². The molecule has 0 saturated carbocycles. The molecule has 0 fully saturated rings. The second kappa shape index (κ2) is 5.22. The van der Waals surface area contributed by atoms with Gasteiger partial charge in [-0.05, 0) is 16.8 Å². The number of nitrogens with one attached hydrogen (secondary N) is 1. The Morgan fingerprint density at radius 1 is 1.27 bits per heavy atom. The lowest BCUT2D eigenvalue weighted by Crippen LogP contribution is -2.49. The van der Waals surface area contributed by atoms with E-state index in [0.717, 1.165) is 16.3 Å². The molecule has 2 aromatic carbocycles. The maximum Gasteiger partial charge on any atom is 0.416 e. The third-order valence-electron chi connectivity index (χ3n) is 3.94. The third-order valence-corrected chi connectivity index (χ3v) is 3.94. The van der Waals surface area contributed by atoms with Crippen LogP contribution in [0.15, 0.2) is 36.4 Å². The average Bonchev–Trinajstić information content (AvgIpc) is 2.54. The summed E-state index contributed by atoms with van der Waals surface area (Å²) in [7, 11) is 4.84.